The minimum absolute atomic E-state index is 0.105. The van der Waals surface area contributed by atoms with E-state index < -0.39 is 21.6 Å². The number of benzene rings is 1. The lowest BCUT2D eigenvalue weighted by atomic mass is 10.2. The second-order valence-electron chi connectivity index (χ2n) is 4.26. The van der Waals surface area contributed by atoms with Crippen LogP contribution in [0.2, 0.25) is 0 Å². The van der Waals surface area contributed by atoms with E-state index in [2.05, 4.69) is 20.9 Å². The van der Waals surface area contributed by atoms with Crippen LogP contribution < -0.4 is 0 Å². The van der Waals surface area contributed by atoms with Crippen LogP contribution in [-0.4, -0.2) is 13.4 Å². The smallest absolute Gasteiger partial charge is 0.265 e. The molecule has 0 aliphatic heterocycles. The molecule has 1 aromatic carbocycles. The molecule has 0 radical (unpaired) electrons. The van der Waals surface area contributed by atoms with Gasteiger partial charge in [0.15, 0.2) is 9.84 Å². The highest BCUT2D eigenvalue weighted by Crippen LogP contribution is 2.34. The molecule has 0 atom stereocenters. The van der Waals surface area contributed by atoms with Gasteiger partial charge in [0.05, 0.1) is 16.2 Å². The van der Waals surface area contributed by atoms with Gasteiger partial charge in [-0.1, -0.05) is 0 Å². The summed E-state index contributed by atoms with van der Waals surface area (Å²) in [4.78, 5) is 3.60. The van der Waals surface area contributed by atoms with Crippen LogP contribution >= 0.6 is 15.9 Å². The molecule has 2 aromatic rings. The van der Waals surface area contributed by atoms with Gasteiger partial charge in [0.25, 0.3) is 0 Å². The van der Waals surface area contributed by atoms with E-state index in [1.165, 1.54) is 24.5 Å². The number of nitrogens with zero attached hydrogens (tertiary/aromatic N) is 1. The van der Waals surface area contributed by atoms with E-state index in [9.17, 15) is 21.6 Å². The topological polar surface area (TPSA) is 47.0 Å². The minimum Gasteiger partial charge on any atom is -0.265 e. The lowest BCUT2D eigenvalue weighted by Gasteiger charge is -2.11. The third-order valence-corrected chi connectivity index (χ3v) is 5.36. The van der Waals surface area contributed by atoms with Crippen molar-refractivity contribution in [1.82, 2.24) is 4.98 Å². The van der Waals surface area contributed by atoms with Crippen molar-refractivity contribution in [2.75, 3.05) is 0 Å². The zero-order valence-electron chi connectivity index (χ0n) is 10.4. The van der Waals surface area contributed by atoms with E-state index in [0.717, 1.165) is 18.2 Å². The first kappa shape index (κ1) is 16.0. The van der Waals surface area contributed by atoms with E-state index in [1.807, 2.05) is 0 Å². The zero-order valence-corrected chi connectivity index (χ0v) is 12.8. The molecule has 0 unspecified atom stereocenters. The fourth-order valence-corrected chi connectivity index (χ4v) is 4.24. The lowest BCUT2D eigenvalue weighted by molar-refractivity contribution is -0.137. The number of pyridine rings is 1. The number of hydrogen-bond acceptors (Lipinski definition) is 3. The van der Waals surface area contributed by atoms with Crippen LogP contribution in [0, 0.1) is 0 Å². The van der Waals surface area contributed by atoms with Gasteiger partial charge in [-0.2, -0.15) is 13.2 Å². The maximum atomic E-state index is 12.6. The highest BCUT2D eigenvalue weighted by Gasteiger charge is 2.32. The Kier molecular flexibility index (Phi) is 4.38. The van der Waals surface area contributed by atoms with Crippen molar-refractivity contribution in [2.45, 2.75) is 16.8 Å². The summed E-state index contributed by atoms with van der Waals surface area (Å²) >= 11 is 2.90. The Bertz CT molecular complexity index is 746. The largest absolute Gasteiger partial charge is 0.416 e. The molecular weight excluding hydrogens is 371 g/mol. The maximum Gasteiger partial charge on any atom is 0.416 e. The Balaban J connectivity index is 2.37. The molecule has 21 heavy (non-hydrogen) atoms. The average Bonchev–Trinajstić information content (AvgIpc) is 2.37. The van der Waals surface area contributed by atoms with Crippen LogP contribution in [0.3, 0.4) is 0 Å². The van der Waals surface area contributed by atoms with Gasteiger partial charge >= 0.3 is 6.18 Å². The second-order valence-corrected chi connectivity index (χ2v) is 7.07. The Morgan fingerprint density at radius 3 is 2.24 bits per heavy atom. The van der Waals surface area contributed by atoms with Crippen LogP contribution in [0.25, 0.3) is 0 Å². The van der Waals surface area contributed by atoms with Crippen molar-refractivity contribution < 1.29 is 21.6 Å². The van der Waals surface area contributed by atoms with Crippen molar-refractivity contribution in [1.29, 1.82) is 0 Å². The van der Waals surface area contributed by atoms with Crippen LogP contribution in [0.4, 0.5) is 13.2 Å². The normalized spacial score (nSPS) is 12.4. The molecule has 0 saturated heterocycles. The molecule has 0 saturated carbocycles. The summed E-state index contributed by atoms with van der Waals surface area (Å²) < 4.78 is 62.1. The van der Waals surface area contributed by atoms with E-state index in [0.29, 0.717) is 5.56 Å². The number of halogens is 4. The van der Waals surface area contributed by atoms with E-state index in [-0.39, 0.29) is 15.1 Å². The monoisotopic (exact) mass is 379 g/mol. The second kappa shape index (κ2) is 5.76. The summed E-state index contributed by atoms with van der Waals surface area (Å²) in [5, 5.41) is 0. The summed E-state index contributed by atoms with van der Waals surface area (Å²) in [6.07, 6.45) is -1.62. The summed E-state index contributed by atoms with van der Waals surface area (Å²) in [6, 6.07) is 5.55. The molecule has 0 fully saturated rings. The van der Waals surface area contributed by atoms with Crippen molar-refractivity contribution in [3.63, 3.8) is 0 Å². The Hall–Kier alpha value is -1.41. The summed E-state index contributed by atoms with van der Waals surface area (Å²) in [5.74, 6) is -0.306. The van der Waals surface area contributed by atoms with Gasteiger partial charge in [0.2, 0.25) is 0 Å². The molecule has 0 N–H and O–H groups in total. The first-order chi connectivity index (χ1) is 9.70. The van der Waals surface area contributed by atoms with Crippen LogP contribution in [0.5, 0.6) is 0 Å². The van der Waals surface area contributed by atoms with Gasteiger partial charge in [0, 0.05) is 16.9 Å². The van der Waals surface area contributed by atoms with Gasteiger partial charge in [-0.15, -0.1) is 0 Å². The molecule has 3 nitrogen and oxygen atoms in total. The highest BCUT2D eigenvalue weighted by atomic mass is 79.9. The van der Waals surface area contributed by atoms with Crippen LogP contribution in [-0.2, 0) is 21.8 Å². The molecule has 112 valence electrons. The number of aromatic nitrogens is 1. The number of alkyl halides is 3. The number of hydrogen-bond donors (Lipinski definition) is 0. The van der Waals surface area contributed by atoms with Gasteiger partial charge in [-0.25, -0.2) is 8.42 Å². The van der Waals surface area contributed by atoms with Crippen LogP contribution in [0.1, 0.15) is 11.1 Å². The summed E-state index contributed by atoms with van der Waals surface area (Å²) in [7, 11) is -3.75. The standard InChI is InChI=1S/C13H9BrF3NO2S/c14-11-7-10(13(15,16)17)1-2-12(11)21(19,20)8-9-3-5-18-6-4-9/h1-7H,8H2. The van der Waals surface area contributed by atoms with Gasteiger partial charge in [0.1, 0.15) is 0 Å². The minimum atomic E-state index is -4.52. The fourth-order valence-electron chi connectivity index (χ4n) is 1.71. The molecule has 0 amide bonds. The van der Waals surface area contributed by atoms with Gasteiger partial charge in [-0.3, -0.25) is 4.98 Å². The molecule has 1 aromatic heterocycles. The van der Waals surface area contributed by atoms with Gasteiger partial charge < -0.3 is 0 Å². The number of rotatable bonds is 3. The van der Waals surface area contributed by atoms with E-state index >= 15 is 0 Å². The predicted molar refractivity (Wildman–Crippen MR) is 74.3 cm³/mol. The maximum absolute atomic E-state index is 12.6. The average molecular weight is 380 g/mol. The lowest BCUT2D eigenvalue weighted by Crippen LogP contribution is -2.09. The quantitative estimate of drug-likeness (QED) is 0.813. The molecule has 0 spiro atoms. The summed E-state index contributed by atoms with van der Waals surface area (Å²) in [6.45, 7) is 0. The third-order valence-electron chi connectivity index (χ3n) is 2.70. The molecule has 2 rings (SSSR count). The molecule has 8 heteroatoms. The van der Waals surface area contributed by atoms with E-state index in [1.54, 1.807) is 0 Å². The number of sulfone groups is 1. The highest BCUT2D eigenvalue weighted by molar-refractivity contribution is 9.10. The van der Waals surface area contributed by atoms with Gasteiger partial charge in [-0.05, 0) is 51.8 Å². The Morgan fingerprint density at radius 1 is 1.10 bits per heavy atom. The van der Waals surface area contributed by atoms with Crippen LogP contribution in [0.15, 0.2) is 52.1 Å². The molecule has 0 aliphatic rings. The van der Waals surface area contributed by atoms with Crippen molar-refractivity contribution in [2.24, 2.45) is 0 Å². The fraction of sp³-hybridized carbons (Fsp3) is 0.154. The zero-order chi connectivity index (χ0) is 15.7. The van der Waals surface area contributed by atoms with Crippen molar-refractivity contribution in [3.8, 4) is 0 Å². The Morgan fingerprint density at radius 2 is 1.71 bits per heavy atom. The van der Waals surface area contributed by atoms with Crippen molar-refractivity contribution in [3.05, 3.63) is 58.3 Å². The first-order valence-electron chi connectivity index (χ1n) is 5.68. The third kappa shape index (κ3) is 3.82. The SMILES string of the molecule is O=S(=O)(Cc1ccncc1)c1ccc(C(F)(F)F)cc1Br. The van der Waals surface area contributed by atoms with Crippen molar-refractivity contribution >= 4 is 25.8 Å². The molecular formula is C13H9BrF3NO2S. The summed E-state index contributed by atoms with van der Waals surface area (Å²) in [5.41, 5.74) is -0.394. The van der Waals surface area contributed by atoms with E-state index in [4.69, 9.17) is 0 Å². The predicted octanol–water partition coefficient (Wildman–Crippen LogP) is 3.84. The molecule has 0 aliphatic carbocycles. The Labute approximate surface area is 127 Å². The molecule has 1 heterocycles. The first-order valence-corrected chi connectivity index (χ1v) is 8.13. The molecule has 0 bridgehead atoms.